The molecule has 0 saturated carbocycles. The molecule has 1 N–H and O–H groups in total. The van der Waals surface area contributed by atoms with E-state index in [4.69, 9.17) is 0 Å². The first-order valence-electron chi connectivity index (χ1n) is 8.44. The third kappa shape index (κ3) is 4.42. The van der Waals surface area contributed by atoms with E-state index in [1.165, 1.54) is 0 Å². The molecule has 0 aromatic carbocycles. The summed E-state index contributed by atoms with van der Waals surface area (Å²) >= 11 is 3.19. The van der Waals surface area contributed by atoms with Crippen molar-refractivity contribution in [2.45, 2.75) is 32.0 Å². The van der Waals surface area contributed by atoms with E-state index < -0.39 is 11.7 Å². The van der Waals surface area contributed by atoms with E-state index in [1.54, 1.807) is 17.8 Å². The van der Waals surface area contributed by atoms with Crippen LogP contribution in [0.15, 0.2) is 22.8 Å². The Bertz CT molecular complexity index is 824. The van der Waals surface area contributed by atoms with E-state index in [-0.39, 0.29) is 11.9 Å². The van der Waals surface area contributed by atoms with Crippen LogP contribution < -0.4 is 10.2 Å². The molecule has 1 saturated heterocycles. The van der Waals surface area contributed by atoms with Crippen molar-refractivity contribution >= 4 is 27.7 Å². The molecule has 2 aromatic rings. The fourth-order valence-corrected chi connectivity index (χ4v) is 3.58. The molecule has 6 nitrogen and oxygen atoms in total. The Morgan fingerprint density at radius 3 is 2.48 bits per heavy atom. The summed E-state index contributed by atoms with van der Waals surface area (Å²) in [4.78, 5) is 18.2. The molecule has 1 aliphatic rings. The largest absolute Gasteiger partial charge is 0.417 e. The lowest BCUT2D eigenvalue weighted by Crippen LogP contribution is -2.45. The van der Waals surface area contributed by atoms with E-state index in [2.05, 4.69) is 31.3 Å². The van der Waals surface area contributed by atoms with Gasteiger partial charge < -0.3 is 10.2 Å². The van der Waals surface area contributed by atoms with Crippen molar-refractivity contribution in [1.82, 2.24) is 20.1 Å². The number of carbonyl (C=O) groups is 1. The second-order valence-corrected chi connectivity index (χ2v) is 7.41. The van der Waals surface area contributed by atoms with Gasteiger partial charge in [-0.15, -0.1) is 0 Å². The fraction of sp³-hybridized carbons (Fsp3) is 0.471. The fourth-order valence-electron chi connectivity index (χ4n) is 2.98. The summed E-state index contributed by atoms with van der Waals surface area (Å²) in [5, 5.41) is 7.13. The molecule has 0 bridgehead atoms. The normalized spacial score (nSPS) is 15.9. The van der Waals surface area contributed by atoms with Gasteiger partial charge in [-0.05, 0) is 47.8 Å². The summed E-state index contributed by atoms with van der Waals surface area (Å²) < 4.78 is 40.2. The van der Waals surface area contributed by atoms with Crippen LogP contribution in [-0.2, 0) is 13.2 Å². The molecule has 27 heavy (non-hydrogen) atoms. The van der Waals surface area contributed by atoms with Gasteiger partial charge in [0.25, 0.3) is 5.91 Å². The molecule has 1 fully saturated rings. The Hall–Kier alpha value is -2.10. The number of carbonyl (C=O) groups excluding carboxylic acids is 1. The molecule has 3 heterocycles. The Kier molecular flexibility index (Phi) is 5.45. The maximum absolute atomic E-state index is 12.8. The minimum absolute atomic E-state index is 0.00992. The van der Waals surface area contributed by atoms with Gasteiger partial charge in [-0.1, -0.05) is 0 Å². The van der Waals surface area contributed by atoms with Gasteiger partial charge in [0.05, 0.1) is 10.0 Å². The lowest BCUT2D eigenvalue weighted by Gasteiger charge is -2.33. The summed E-state index contributed by atoms with van der Waals surface area (Å²) in [7, 11) is 1.78. The number of piperidine rings is 1. The van der Waals surface area contributed by atoms with Gasteiger partial charge in [0, 0.05) is 38.1 Å². The zero-order valence-corrected chi connectivity index (χ0v) is 16.4. The summed E-state index contributed by atoms with van der Waals surface area (Å²) in [6.45, 7) is 3.05. The first-order chi connectivity index (χ1) is 12.6. The number of rotatable bonds is 3. The number of nitrogens with one attached hydrogen (secondary N) is 1. The summed E-state index contributed by atoms with van der Waals surface area (Å²) in [6, 6.07) is 2.76. The van der Waals surface area contributed by atoms with E-state index in [1.807, 2.05) is 11.8 Å². The number of anilines is 1. The zero-order chi connectivity index (χ0) is 19.8. The lowest BCUT2D eigenvalue weighted by molar-refractivity contribution is -0.137. The van der Waals surface area contributed by atoms with Crippen LogP contribution >= 0.6 is 15.9 Å². The Morgan fingerprint density at radius 2 is 1.96 bits per heavy atom. The molecule has 0 unspecified atom stereocenters. The van der Waals surface area contributed by atoms with Crippen LogP contribution in [-0.4, -0.2) is 39.8 Å². The Morgan fingerprint density at radius 1 is 1.30 bits per heavy atom. The molecule has 1 amide bonds. The average molecular weight is 446 g/mol. The van der Waals surface area contributed by atoms with Crippen molar-refractivity contribution in [1.29, 1.82) is 0 Å². The van der Waals surface area contributed by atoms with Gasteiger partial charge in [-0.25, -0.2) is 4.98 Å². The molecule has 146 valence electrons. The lowest BCUT2D eigenvalue weighted by atomic mass is 10.0. The number of aromatic nitrogens is 3. The number of nitrogens with zero attached hydrogens (tertiary/aromatic N) is 4. The maximum atomic E-state index is 12.8. The van der Waals surface area contributed by atoms with Crippen LogP contribution in [0.5, 0.6) is 0 Å². The number of alkyl halides is 3. The van der Waals surface area contributed by atoms with Crippen molar-refractivity contribution < 1.29 is 18.0 Å². The van der Waals surface area contributed by atoms with Gasteiger partial charge in [-0.2, -0.15) is 18.3 Å². The molecule has 3 rings (SSSR count). The minimum Gasteiger partial charge on any atom is -0.356 e. The highest BCUT2D eigenvalue weighted by Gasteiger charge is 2.32. The van der Waals surface area contributed by atoms with Crippen LogP contribution in [0.4, 0.5) is 19.0 Å². The first-order valence-corrected chi connectivity index (χ1v) is 9.23. The van der Waals surface area contributed by atoms with Crippen LogP contribution in [0.3, 0.4) is 0 Å². The Labute approximate surface area is 162 Å². The topological polar surface area (TPSA) is 63.1 Å². The van der Waals surface area contributed by atoms with Gasteiger partial charge >= 0.3 is 6.18 Å². The van der Waals surface area contributed by atoms with Crippen molar-refractivity contribution in [2.24, 2.45) is 7.05 Å². The highest BCUT2D eigenvalue weighted by Crippen LogP contribution is 2.34. The van der Waals surface area contributed by atoms with Crippen molar-refractivity contribution in [3.05, 3.63) is 39.8 Å². The van der Waals surface area contributed by atoms with E-state index in [0.29, 0.717) is 41.9 Å². The molecule has 0 spiro atoms. The highest BCUT2D eigenvalue weighted by atomic mass is 79.9. The van der Waals surface area contributed by atoms with Crippen molar-refractivity contribution in [2.75, 3.05) is 18.0 Å². The van der Waals surface area contributed by atoms with Gasteiger partial charge in [-0.3, -0.25) is 9.48 Å². The molecule has 2 aromatic heterocycles. The number of halogens is 4. The minimum atomic E-state index is -4.42. The second-order valence-electron chi connectivity index (χ2n) is 6.56. The van der Waals surface area contributed by atoms with Crippen LogP contribution in [0.25, 0.3) is 0 Å². The predicted molar refractivity (Wildman–Crippen MR) is 97.6 cm³/mol. The summed E-state index contributed by atoms with van der Waals surface area (Å²) in [6.07, 6.45) is -2.23. The number of hydrogen-bond donors (Lipinski definition) is 1. The van der Waals surface area contributed by atoms with Crippen LogP contribution in [0.1, 0.15) is 34.6 Å². The molecule has 0 radical (unpaired) electrons. The molecule has 1 aliphatic heterocycles. The first kappa shape index (κ1) is 19.7. The molecule has 0 aliphatic carbocycles. The van der Waals surface area contributed by atoms with Crippen LogP contribution in [0, 0.1) is 6.92 Å². The van der Waals surface area contributed by atoms with E-state index >= 15 is 0 Å². The molecular weight excluding hydrogens is 427 g/mol. The van der Waals surface area contributed by atoms with Gasteiger partial charge in [0.2, 0.25) is 0 Å². The van der Waals surface area contributed by atoms with Gasteiger partial charge in [0.15, 0.2) is 0 Å². The van der Waals surface area contributed by atoms with Crippen LogP contribution in [0.2, 0.25) is 0 Å². The number of pyridine rings is 1. The number of hydrogen-bond acceptors (Lipinski definition) is 4. The smallest absolute Gasteiger partial charge is 0.356 e. The standard InChI is InChI=1S/C17H19BrF3N5O/c1-10-7-14(24-25(10)2)16(27)23-12-3-5-26(6-4-12)15-13(18)8-11(9-22-15)17(19,20)21/h7-9,12H,3-6H2,1-2H3,(H,23,27). The maximum Gasteiger partial charge on any atom is 0.417 e. The summed E-state index contributed by atoms with van der Waals surface area (Å²) in [5.41, 5.74) is 0.490. The van der Waals surface area contributed by atoms with E-state index in [9.17, 15) is 18.0 Å². The molecular formula is C17H19BrF3N5O. The molecule has 0 atom stereocenters. The van der Waals surface area contributed by atoms with Crippen molar-refractivity contribution in [3.63, 3.8) is 0 Å². The third-order valence-electron chi connectivity index (χ3n) is 4.63. The predicted octanol–water partition coefficient (Wildman–Crippen LogP) is 3.30. The highest BCUT2D eigenvalue weighted by molar-refractivity contribution is 9.10. The molecule has 10 heteroatoms. The monoisotopic (exact) mass is 445 g/mol. The number of aryl methyl sites for hydroxylation is 2. The summed E-state index contributed by atoms with van der Waals surface area (Å²) in [5.74, 6) is 0.263. The van der Waals surface area contributed by atoms with Crippen molar-refractivity contribution in [3.8, 4) is 0 Å². The van der Waals surface area contributed by atoms with Gasteiger partial charge in [0.1, 0.15) is 11.5 Å². The second kappa shape index (κ2) is 7.49. The number of amides is 1. The third-order valence-corrected chi connectivity index (χ3v) is 5.21. The Balaban J connectivity index is 1.59. The van der Waals surface area contributed by atoms with E-state index in [0.717, 1.165) is 18.0 Å². The zero-order valence-electron chi connectivity index (χ0n) is 14.8. The average Bonchev–Trinajstić information content (AvgIpc) is 2.94. The SMILES string of the molecule is Cc1cc(C(=O)NC2CCN(c3ncc(C(F)(F)F)cc3Br)CC2)nn1C. The quantitative estimate of drug-likeness (QED) is 0.786.